The Labute approximate surface area is 113 Å². The van der Waals surface area contributed by atoms with Crippen LogP contribution in [0.25, 0.3) is 22.3 Å². The molecule has 0 saturated carbocycles. The van der Waals surface area contributed by atoms with Gasteiger partial charge in [-0.05, 0) is 24.3 Å². The summed E-state index contributed by atoms with van der Waals surface area (Å²) >= 11 is 6.20. The second-order valence-electron chi connectivity index (χ2n) is 3.98. The molecule has 0 fully saturated rings. The predicted octanol–water partition coefficient (Wildman–Crippen LogP) is 2.73. The van der Waals surface area contributed by atoms with Gasteiger partial charge in [-0.3, -0.25) is 0 Å². The molecule has 0 aliphatic rings. The van der Waals surface area contributed by atoms with Gasteiger partial charge in [-0.15, -0.1) is 0 Å². The summed E-state index contributed by atoms with van der Waals surface area (Å²) in [6, 6.07) is 8.96. The Balaban J connectivity index is 2.30. The third-order valence-corrected chi connectivity index (χ3v) is 3.10. The summed E-state index contributed by atoms with van der Waals surface area (Å²) in [7, 11) is 0. The second kappa shape index (κ2) is 4.26. The van der Waals surface area contributed by atoms with Crippen LogP contribution in [0.2, 0.25) is 5.02 Å². The van der Waals surface area contributed by atoms with Crippen LogP contribution >= 0.6 is 11.6 Å². The Bertz CT molecular complexity index is 816. The molecule has 0 spiro atoms. The first-order valence-electron chi connectivity index (χ1n) is 5.49. The van der Waals surface area contributed by atoms with Gasteiger partial charge in [0.25, 0.3) is 0 Å². The number of nitrogens with zero attached hydrogens (tertiary/aromatic N) is 3. The van der Waals surface area contributed by atoms with Crippen LogP contribution in [-0.2, 0) is 0 Å². The number of rotatable bonds is 1. The summed E-state index contributed by atoms with van der Waals surface area (Å²) in [4.78, 5) is 11.3. The molecule has 3 aromatic rings. The smallest absolute Gasteiger partial charge is 0.222 e. The number of aromatic nitrogens is 3. The van der Waals surface area contributed by atoms with Gasteiger partial charge in [0.1, 0.15) is 5.65 Å². The maximum absolute atomic E-state index is 8.85. The fraction of sp³-hybridized carbons (Fsp3) is 0. The van der Waals surface area contributed by atoms with Crippen LogP contribution in [-0.4, -0.2) is 15.0 Å². The Hall–Kier alpha value is -2.58. The van der Waals surface area contributed by atoms with Gasteiger partial charge in [0.15, 0.2) is 0 Å². The lowest BCUT2D eigenvalue weighted by Crippen LogP contribution is -1.97. The van der Waals surface area contributed by atoms with Crippen molar-refractivity contribution in [3.63, 3.8) is 0 Å². The van der Waals surface area contributed by atoms with Crippen molar-refractivity contribution >= 4 is 28.6 Å². The van der Waals surface area contributed by atoms with Crippen molar-refractivity contribution in [3.05, 3.63) is 41.0 Å². The van der Waals surface area contributed by atoms with Gasteiger partial charge in [0, 0.05) is 17.1 Å². The summed E-state index contributed by atoms with van der Waals surface area (Å²) in [5.41, 5.74) is 8.22. The van der Waals surface area contributed by atoms with Crippen molar-refractivity contribution in [3.8, 4) is 17.3 Å². The van der Waals surface area contributed by atoms with E-state index >= 15 is 0 Å². The number of aromatic amines is 1. The molecule has 0 amide bonds. The average Bonchev–Trinajstić information content (AvgIpc) is 2.85. The van der Waals surface area contributed by atoms with Crippen LogP contribution in [0.5, 0.6) is 0 Å². The largest absolute Gasteiger partial charge is 0.368 e. The van der Waals surface area contributed by atoms with E-state index in [0.717, 1.165) is 10.9 Å². The standard InChI is InChI=1S/C13H8ClN5/c14-10-5-7(6-15)1-2-8(10)11-9-3-4-17-12(9)19-13(16)18-11/h1-5H,(H3,16,17,18,19). The number of nitrogen functional groups attached to an aromatic ring is 1. The van der Waals surface area contributed by atoms with Gasteiger partial charge in [-0.1, -0.05) is 11.6 Å². The van der Waals surface area contributed by atoms with Gasteiger partial charge in [-0.25, -0.2) is 4.98 Å². The lowest BCUT2D eigenvalue weighted by atomic mass is 10.1. The molecule has 0 aliphatic heterocycles. The summed E-state index contributed by atoms with van der Waals surface area (Å²) < 4.78 is 0. The number of hydrogen-bond acceptors (Lipinski definition) is 4. The van der Waals surface area contributed by atoms with Crippen molar-refractivity contribution in [2.45, 2.75) is 0 Å². The highest BCUT2D eigenvalue weighted by Crippen LogP contribution is 2.32. The molecule has 0 unspecified atom stereocenters. The first kappa shape index (κ1) is 11.5. The Morgan fingerprint density at radius 3 is 2.84 bits per heavy atom. The molecule has 0 atom stereocenters. The summed E-state index contributed by atoms with van der Waals surface area (Å²) in [5.74, 6) is 0.172. The number of anilines is 1. The number of nitrogens with one attached hydrogen (secondary N) is 1. The zero-order valence-electron chi connectivity index (χ0n) is 9.68. The van der Waals surface area contributed by atoms with Crippen LogP contribution in [0.15, 0.2) is 30.5 Å². The van der Waals surface area contributed by atoms with Crippen molar-refractivity contribution in [1.29, 1.82) is 5.26 Å². The van der Waals surface area contributed by atoms with E-state index in [0.29, 0.717) is 21.9 Å². The minimum Gasteiger partial charge on any atom is -0.368 e. The summed E-state index contributed by atoms with van der Waals surface area (Å²) in [5, 5.41) is 10.1. The van der Waals surface area contributed by atoms with Crippen molar-refractivity contribution in [1.82, 2.24) is 15.0 Å². The van der Waals surface area contributed by atoms with Crippen LogP contribution in [0.1, 0.15) is 5.56 Å². The minimum absolute atomic E-state index is 0.172. The first-order chi connectivity index (χ1) is 9.19. The number of halogens is 1. The molecular weight excluding hydrogens is 262 g/mol. The van der Waals surface area contributed by atoms with E-state index in [2.05, 4.69) is 15.0 Å². The number of hydrogen-bond donors (Lipinski definition) is 2. The number of H-pyrrole nitrogens is 1. The molecule has 0 bridgehead atoms. The molecule has 2 heterocycles. The SMILES string of the molecule is N#Cc1ccc(-c2nc(N)nc3[nH]ccc23)c(Cl)c1. The maximum Gasteiger partial charge on any atom is 0.222 e. The lowest BCUT2D eigenvalue weighted by molar-refractivity contribution is 1.22. The lowest BCUT2D eigenvalue weighted by Gasteiger charge is -2.06. The number of nitrogens with two attached hydrogens (primary N) is 1. The molecular formula is C13H8ClN5. The molecule has 0 aliphatic carbocycles. The van der Waals surface area contributed by atoms with E-state index in [4.69, 9.17) is 22.6 Å². The molecule has 5 nitrogen and oxygen atoms in total. The molecule has 19 heavy (non-hydrogen) atoms. The third-order valence-electron chi connectivity index (χ3n) is 2.79. The zero-order chi connectivity index (χ0) is 13.4. The molecule has 0 radical (unpaired) electrons. The molecule has 1 aromatic carbocycles. The fourth-order valence-electron chi connectivity index (χ4n) is 1.94. The van der Waals surface area contributed by atoms with E-state index in [9.17, 15) is 0 Å². The van der Waals surface area contributed by atoms with Crippen molar-refractivity contribution < 1.29 is 0 Å². The molecule has 0 saturated heterocycles. The van der Waals surface area contributed by atoms with E-state index < -0.39 is 0 Å². The van der Waals surface area contributed by atoms with Gasteiger partial charge in [0.05, 0.1) is 22.3 Å². The zero-order valence-corrected chi connectivity index (χ0v) is 10.4. The van der Waals surface area contributed by atoms with Crippen LogP contribution in [0.4, 0.5) is 5.95 Å². The van der Waals surface area contributed by atoms with E-state index in [1.54, 1.807) is 24.4 Å². The van der Waals surface area contributed by atoms with Crippen LogP contribution in [0, 0.1) is 11.3 Å². The van der Waals surface area contributed by atoms with Crippen LogP contribution in [0.3, 0.4) is 0 Å². The van der Waals surface area contributed by atoms with Crippen molar-refractivity contribution in [2.75, 3.05) is 5.73 Å². The Kier molecular flexibility index (Phi) is 2.58. The first-order valence-corrected chi connectivity index (χ1v) is 5.87. The van der Waals surface area contributed by atoms with Gasteiger partial charge >= 0.3 is 0 Å². The van der Waals surface area contributed by atoms with E-state index in [1.165, 1.54) is 0 Å². The molecule has 2 aromatic heterocycles. The quantitative estimate of drug-likeness (QED) is 0.710. The highest BCUT2D eigenvalue weighted by Gasteiger charge is 2.12. The highest BCUT2D eigenvalue weighted by molar-refractivity contribution is 6.33. The second-order valence-corrected chi connectivity index (χ2v) is 4.38. The molecule has 6 heteroatoms. The van der Waals surface area contributed by atoms with Crippen molar-refractivity contribution in [2.24, 2.45) is 0 Å². The van der Waals surface area contributed by atoms with Gasteiger partial charge in [0.2, 0.25) is 5.95 Å². The molecule has 92 valence electrons. The Morgan fingerprint density at radius 1 is 1.26 bits per heavy atom. The fourth-order valence-corrected chi connectivity index (χ4v) is 2.21. The third kappa shape index (κ3) is 1.88. The topological polar surface area (TPSA) is 91.4 Å². The van der Waals surface area contributed by atoms with E-state index in [-0.39, 0.29) is 5.95 Å². The van der Waals surface area contributed by atoms with Crippen LogP contribution < -0.4 is 5.73 Å². The van der Waals surface area contributed by atoms with Gasteiger partial charge < -0.3 is 10.7 Å². The monoisotopic (exact) mass is 269 g/mol. The minimum atomic E-state index is 0.172. The van der Waals surface area contributed by atoms with Gasteiger partial charge in [-0.2, -0.15) is 10.2 Å². The van der Waals surface area contributed by atoms with E-state index in [1.807, 2.05) is 12.1 Å². The number of benzene rings is 1. The highest BCUT2D eigenvalue weighted by atomic mass is 35.5. The maximum atomic E-state index is 8.85. The predicted molar refractivity (Wildman–Crippen MR) is 73.5 cm³/mol. The number of fused-ring (bicyclic) bond motifs is 1. The number of nitriles is 1. The molecule has 3 N–H and O–H groups in total. The normalized spacial score (nSPS) is 10.5. The average molecular weight is 270 g/mol. The summed E-state index contributed by atoms with van der Waals surface area (Å²) in [6.45, 7) is 0. The molecule has 3 rings (SSSR count). The summed E-state index contributed by atoms with van der Waals surface area (Å²) in [6.07, 6.45) is 1.76. The Morgan fingerprint density at radius 2 is 2.11 bits per heavy atom.